The number of halogens is 3. The lowest BCUT2D eigenvalue weighted by atomic mass is 9.91. The molecule has 0 bridgehead atoms. The van der Waals surface area contributed by atoms with Gasteiger partial charge in [-0.15, -0.1) is 0 Å². The summed E-state index contributed by atoms with van der Waals surface area (Å²) in [5.41, 5.74) is -3.11. The second kappa shape index (κ2) is 8.88. The molecular formula is C19H24F3N3O5. The van der Waals surface area contributed by atoms with E-state index in [0.717, 1.165) is 6.07 Å². The smallest absolute Gasteiger partial charge is 0.416 e. The highest BCUT2D eigenvalue weighted by Gasteiger charge is 2.34. The monoisotopic (exact) mass is 431 g/mol. The first-order valence-electron chi connectivity index (χ1n) is 9.41. The van der Waals surface area contributed by atoms with Crippen molar-refractivity contribution in [1.29, 1.82) is 0 Å². The van der Waals surface area contributed by atoms with Gasteiger partial charge in [0.2, 0.25) is 0 Å². The van der Waals surface area contributed by atoms with E-state index in [2.05, 4.69) is 10.6 Å². The predicted molar refractivity (Wildman–Crippen MR) is 101 cm³/mol. The van der Waals surface area contributed by atoms with Crippen molar-refractivity contribution in [3.8, 4) is 0 Å². The number of non-ortho nitro benzene ring substituents is 1. The quantitative estimate of drug-likeness (QED) is 0.549. The molecule has 30 heavy (non-hydrogen) atoms. The van der Waals surface area contributed by atoms with E-state index < -0.39 is 45.5 Å². The van der Waals surface area contributed by atoms with Gasteiger partial charge in [0.25, 0.3) is 11.6 Å². The Balaban J connectivity index is 1.97. The van der Waals surface area contributed by atoms with Crippen molar-refractivity contribution >= 4 is 17.7 Å². The predicted octanol–water partition coefficient (Wildman–Crippen LogP) is 4.18. The number of nitro benzene ring substituents is 1. The number of hydrogen-bond acceptors (Lipinski definition) is 5. The molecule has 0 spiro atoms. The van der Waals surface area contributed by atoms with Crippen LogP contribution in [0.3, 0.4) is 0 Å². The Kier molecular flexibility index (Phi) is 6.94. The van der Waals surface area contributed by atoms with Crippen LogP contribution in [0.1, 0.15) is 62.4 Å². The van der Waals surface area contributed by atoms with Gasteiger partial charge >= 0.3 is 12.3 Å². The van der Waals surface area contributed by atoms with Gasteiger partial charge in [0.05, 0.1) is 10.5 Å². The first kappa shape index (κ1) is 23.4. The van der Waals surface area contributed by atoms with Crippen LogP contribution < -0.4 is 10.6 Å². The first-order valence-corrected chi connectivity index (χ1v) is 9.41. The van der Waals surface area contributed by atoms with Crippen LogP contribution in [-0.4, -0.2) is 34.6 Å². The van der Waals surface area contributed by atoms with Crippen LogP contribution in [0.15, 0.2) is 18.2 Å². The zero-order chi connectivity index (χ0) is 22.7. The van der Waals surface area contributed by atoms with E-state index in [9.17, 15) is 32.9 Å². The Morgan fingerprint density at radius 2 is 1.57 bits per heavy atom. The molecule has 0 aromatic heterocycles. The first-order chi connectivity index (χ1) is 13.7. The van der Waals surface area contributed by atoms with Crippen LogP contribution in [0.2, 0.25) is 0 Å². The van der Waals surface area contributed by atoms with Gasteiger partial charge in [-0.3, -0.25) is 14.9 Å². The van der Waals surface area contributed by atoms with Gasteiger partial charge in [-0.1, -0.05) is 0 Å². The highest BCUT2D eigenvalue weighted by Crippen LogP contribution is 2.32. The Hall–Kier alpha value is -2.85. The molecule has 1 saturated carbocycles. The second-order valence-electron chi connectivity index (χ2n) is 8.19. The number of carbonyl (C=O) groups excluding carboxylic acids is 2. The fourth-order valence-corrected chi connectivity index (χ4v) is 3.14. The maximum atomic E-state index is 13.0. The molecule has 2 amide bonds. The highest BCUT2D eigenvalue weighted by atomic mass is 19.4. The fourth-order valence-electron chi connectivity index (χ4n) is 3.14. The molecular weight excluding hydrogens is 407 g/mol. The second-order valence-corrected chi connectivity index (χ2v) is 8.19. The van der Waals surface area contributed by atoms with Gasteiger partial charge in [-0.2, -0.15) is 13.2 Å². The molecule has 0 heterocycles. The van der Waals surface area contributed by atoms with Gasteiger partial charge in [0, 0.05) is 29.8 Å². The molecule has 11 heteroatoms. The third-order valence-electron chi connectivity index (χ3n) is 4.50. The topological polar surface area (TPSA) is 111 Å². The summed E-state index contributed by atoms with van der Waals surface area (Å²) in [7, 11) is 0. The van der Waals surface area contributed by atoms with Gasteiger partial charge in [0.1, 0.15) is 5.60 Å². The largest absolute Gasteiger partial charge is 0.444 e. The van der Waals surface area contributed by atoms with Crippen LogP contribution in [0.4, 0.5) is 23.7 Å². The van der Waals surface area contributed by atoms with E-state index in [-0.39, 0.29) is 12.1 Å². The zero-order valence-electron chi connectivity index (χ0n) is 16.8. The summed E-state index contributed by atoms with van der Waals surface area (Å²) in [6.07, 6.45) is -3.27. The number of nitro groups is 1. The number of benzene rings is 1. The molecule has 0 saturated heterocycles. The molecule has 1 aliphatic carbocycles. The summed E-state index contributed by atoms with van der Waals surface area (Å²) in [6.45, 7) is 5.24. The zero-order valence-corrected chi connectivity index (χ0v) is 16.8. The third kappa shape index (κ3) is 6.89. The molecule has 1 aromatic rings. The Bertz CT molecular complexity index is 813. The molecule has 8 nitrogen and oxygen atoms in total. The van der Waals surface area contributed by atoms with Crippen LogP contribution in [0.5, 0.6) is 0 Å². The molecule has 1 fully saturated rings. The fraction of sp³-hybridized carbons (Fsp3) is 0.579. The molecule has 0 atom stereocenters. The number of ether oxygens (including phenoxy) is 1. The van der Waals surface area contributed by atoms with Crippen LogP contribution in [-0.2, 0) is 10.9 Å². The van der Waals surface area contributed by atoms with E-state index >= 15 is 0 Å². The van der Waals surface area contributed by atoms with E-state index in [1.807, 2.05) is 0 Å². The van der Waals surface area contributed by atoms with E-state index in [1.165, 1.54) is 0 Å². The molecule has 1 aromatic carbocycles. The average molecular weight is 431 g/mol. The lowest BCUT2D eigenvalue weighted by Gasteiger charge is -2.30. The van der Waals surface area contributed by atoms with Crippen molar-refractivity contribution in [2.75, 3.05) is 0 Å². The van der Waals surface area contributed by atoms with Crippen molar-refractivity contribution in [3.05, 3.63) is 39.4 Å². The lowest BCUT2D eigenvalue weighted by Crippen LogP contribution is -2.45. The van der Waals surface area contributed by atoms with Gasteiger partial charge < -0.3 is 15.4 Å². The van der Waals surface area contributed by atoms with Crippen molar-refractivity contribution in [3.63, 3.8) is 0 Å². The third-order valence-corrected chi connectivity index (χ3v) is 4.50. The van der Waals surface area contributed by atoms with Gasteiger partial charge in [-0.05, 0) is 52.5 Å². The van der Waals surface area contributed by atoms with Crippen LogP contribution in [0.25, 0.3) is 0 Å². The summed E-state index contributed by atoms with van der Waals surface area (Å²) >= 11 is 0. The van der Waals surface area contributed by atoms with Crippen LogP contribution >= 0.6 is 0 Å². The van der Waals surface area contributed by atoms with Crippen molar-refractivity contribution in [1.82, 2.24) is 10.6 Å². The number of rotatable bonds is 4. The minimum atomic E-state index is -4.81. The summed E-state index contributed by atoms with van der Waals surface area (Å²) in [5.74, 6) is -0.812. The number of alkyl halides is 3. The van der Waals surface area contributed by atoms with E-state index in [4.69, 9.17) is 4.74 Å². The van der Waals surface area contributed by atoms with Crippen molar-refractivity contribution in [2.24, 2.45) is 0 Å². The Morgan fingerprint density at radius 1 is 1.03 bits per heavy atom. The van der Waals surface area contributed by atoms with E-state index in [1.54, 1.807) is 20.8 Å². The van der Waals surface area contributed by atoms with Gasteiger partial charge in [0.15, 0.2) is 0 Å². The molecule has 2 rings (SSSR count). The maximum absolute atomic E-state index is 13.0. The number of hydrogen-bond donors (Lipinski definition) is 2. The van der Waals surface area contributed by atoms with Crippen molar-refractivity contribution in [2.45, 2.75) is 70.3 Å². The van der Waals surface area contributed by atoms with Crippen LogP contribution in [0, 0.1) is 10.1 Å². The number of amides is 2. The Labute approximate surface area is 171 Å². The lowest BCUT2D eigenvalue weighted by molar-refractivity contribution is -0.385. The molecule has 0 radical (unpaired) electrons. The summed E-state index contributed by atoms with van der Waals surface area (Å²) < 4.78 is 44.1. The number of nitrogens with zero attached hydrogens (tertiary/aromatic N) is 1. The standard InChI is InChI=1S/C19H24F3N3O5/c1-18(2,3)30-17(27)24-14-6-4-13(5-7-14)23-16(26)11-8-12(19(20,21)22)10-15(9-11)25(28)29/h8-10,13-14H,4-7H2,1-3H3,(H,23,26)(H,24,27). The summed E-state index contributed by atoms with van der Waals surface area (Å²) in [4.78, 5) is 34.2. The number of alkyl carbamates (subject to hydrolysis) is 1. The van der Waals surface area contributed by atoms with Gasteiger partial charge in [-0.25, -0.2) is 4.79 Å². The maximum Gasteiger partial charge on any atom is 0.416 e. The molecule has 2 N–H and O–H groups in total. The summed E-state index contributed by atoms with van der Waals surface area (Å²) in [6, 6.07) is 1.35. The molecule has 166 valence electrons. The number of carbonyl (C=O) groups is 2. The molecule has 0 unspecified atom stereocenters. The SMILES string of the molecule is CC(C)(C)OC(=O)NC1CCC(NC(=O)c2cc([N+](=O)[O-])cc(C(F)(F)F)c2)CC1. The summed E-state index contributed by atoms with van der Waals surface area (Å²) in [5, 5.41) is 16.3. The average Bonchev–Trinajstić information content (AvgIpc) is 2.60. The molecule has 1 aliphatic rings. The highest BCUT2D eigenvalue weighted by molar-refractivity contribution is 5.95. The van der Waals surface area contributed by atoms with E-state index in [0.29, 0.717) is 37.8 Å². The number of nitrogens with one attached hydrogen (secondary N) is 2. The molecule has 0 aliphatic heterocycles. The normalized spacial score (nSPS) is 19.7. The minimum Gasteiger partial charge on any atom is -0.444 e. The van der Waals surface area contributed by atoms with Crippen molar-refractivity contribution < 1.29 is 32.4 Å². The minimum absolute atomic E-state index is 0.136. The Morgan fingerprint density at radius 3 is 2.03 bits per heavy atom.